The zero-order valence-electron chi connectivity index (χ0n) is 15.3. The van der Waals surface area contributed by atoms with Crippen molar-refractivity contribution in [1.82, 2.24) is 0 Å². The third-order valence-corrected chi connectivity index (χ3v) is 5.67. The summed E-state index contributed by atoms with van der Waals surface area (Å²) in [4.78, 5) is 0. The first-order valence-electron chi connectivity index (χ1n) is 7.83. The van der Waals surface area contributed by atoms with Gasteiger partial charge in [0.2, 0.25) is 0 Å². The van der Waals surface area contributed by atoms with E-state index in [1.807, 2.05) is 0 Å². The minimum atomic E-state index is -0.155. The summed E-state index contributed by atoms with van der Waals surface area (Å²) in [6.45, 7) is 17.5. The molecule has 0 saturated heterocycles. The molecule has 2 atom stereocenters. The molecular weight excluding hydrogens is 394 g/mol. The van der Waals surface area contributed by atoms with Crippen molar-refractivity contribution in [1.29, 1.82) is 0 Å². The van der Waals surface area contributed by atoms with Crippen LogP contribution in [0.15, 0.2) is 0 Å². The SMILES string of the molecule is COCCC(C)(C)CCOC(C)(C)C(C)(P)CC(C)(C)I. The van der Waals surface area contributed by atoms with E-state index in [1.54, 1.807) is 7.11 Å². The zero-order valence-corrected chi connectivity index (χ0v) is 18.6. The molecule has 0 N–H and O–H groups in total. The molecule has 0 spiro atoms. The van der Waals surface area contributed by atoms with E-state index >= 15 is 0 Å². The molecule has 0 heterocycles. The second kappa shape index (κ2) is 8.26. The first-order chi connectivity index (χ1) is 9.22. The predicted octanol–water partition coefficient (Wildman–Crippen LogP) is 5.47. The van der Waals surface area contributed by atoms with Gasteiger partial charge in [0, 0.05) is 28.9 Å². The number of methoxy groups -OCH3 is 1. The van der Waals surface area contributed by atoms with E-state index in [0.29, 0.717) is 0 Å². The van der Waals surface area contributed by atoms with Crippen molar-refractivity contribution >= 4 is 31.8 Å². The highest BCUT2D eigenvalue weighted by Crippen LogP contribution is 2.43. The highest BCUT2D eigenvalue weighted by molar-refractivity contribution is 14.1. The van der Waals surface area contributed by atoms with Crippen molar-refractivity contribution in [2.45, 2.75) is 81.9 Å². The van der Waals surface area contributed by atoms with Crippen LogP contribution in [0, 0.1) is 5.41 Å². The van der Waals surface area contributed by atoms with Gasteiger partial charge in [-0.15, -0.1) is 9.24 Å². The number of alkyl halides is 1. The summed E-state index contributed by atoms with van der Waals surface area (Å²) >= 11 is 2.52. The van der Waals surface area contributed by atoms with E-state index in [1.165, 1.54) is 0 Å². The Morgan fingerprint density at radius 1 is 0.905 bits per heavy atom. The largest absolute Gasteiger partial charge is 0.385 e. The summed E-state index contributed by atoms with van der Waals surface area (Å²) < 4.78 is 11.8. The van der Waals surface area contributed by atoms with E-state index in [0.717, 1.165) is 32.5 Å². The normalized spacial score (nSPS) is 16.9. The first kappa shape index (κ1) is 22.1. The Labute approximate surface area is 148 Å². The molecule has 0 saturated carbocycles. The first-order valence-corrected chi connectivity index (χ1v) is 9.49. The molecule has 0 aliphatic carbocycles. The number of hydrogen-bond acceptors (Lipinski definition) is 2. The monoisotopic (exact) mass is 430 g/mol. The van der Waals surface area contributed by atoms with Crippen LogP contribution in [0.25, 0.3) is 0 Å². The van der Waals surface area contributed by atoms with E-state index in [9.17, 15) is 0 Å². The number of halogens is 1. The van der Waals surface area contributed by atoms with E-state index < -0.39 is 0 Å². The van der Waals surface area contributed by atoms with Gasteiger partial charge in [-0.05, 0) is 38.5 Å². The molecule has 0 aromatic rings. The van der Waals surface area contributed by atoms with Gasteiger partial charge in [-0.2, -0.15) is 0 Å². The maximum atomic E-state index is 6.29. The molecule has 128 valence electrons. The van der Waals surface area contributed by atoms with Crippen LogP contribution in [0.2, 0.25) is 0 Å². The third kappa shape index (κ3) is 9.07. The molecule has 0 bridgehead atoms. The van der Waals surface area contributed by atoms with Gasteiger partial charge < -0.3 is 9.47 Å². The topological polar surface area (TPSA) is 18.5 Å². The Balaban J connectivity index is 4.48. The van der Waals surface area contributed by atoms with Crippen molar-refractivity contribution in [3.63, 3.8) is 0 Å². The van der Waals surface area contributed by atoms with Gasteiger partial charge in [-0.1, -0.05) is 57.2 Å². The Kier molecular flexibility index (Phi) is 8.68. The smallest absolute Gasteiger partial charge is 0.0714 e. The maximum Gasteiger partial charge on any atom is 0.0714 e. The van der Waals surface area contributed by atoms with Crippen molar-refractivity contribution in [2.75, 3.05) is 20.3 Å². The Morgan fingerprint density at radius 2 is 1.38 bits per heavy atom. The van der Waals surface area contributed by atoms with Gasteiger partial charge >= 0.3 is 0 Å². The summed E-state index contributed by atoms with van der Waals surface area (Å²) in [5.74, 6) is 0. The van der Waals surface area contributed by atoms with Gasteiger partial charge in [0.05, 0.1) is 5.60 Å². The quantitative estimate of drug-likeness (QED) is 0.260. The lowest BCUT2D eigenvalue weighted by Crippen LogP contribution is -2.48. The average Bonchev–Trinajstić information content (AvgIpc) is 2.22. The summed E-state index contributed by atoms with van der Waals surface area (Å²) in [5.41, 5.74) is 0.114. The van der Waals surface area contributed by atoms with Crippen LogP contribution in [-0.2, 0) is 9.47 Å². The molecule has 0 aliphatic heterocycles. The van der Waals surface area contributed by atoms with Crippen molar-refractivity contribution in [2.24, 2.45) is 5.41 Å². The molecule has 21 heavy (non-hydrogen) atoms. The van der Waals surface area contributed by atoms with Gasteiger partial charge in [-0.3, -0.25) is 0 Å². The minimum absolute atomic E-state index is 0.0639. The molecule has 0 aliphatic rings. The molecule has 2 nitrogen and oxygen atoms in total. The second-order valence-electron chi connectivity index (χ2n) is 8.33. The van der Waals surface area contributed by atoms with Crippen LogP contribution in [0.4, 0.5) is 0 Å². The van der Waals surface area contributed by atoms with Gasteiger partial charge in [-0.25, -0.2) is 0 Å². The molecular formula is C17H36IO2P. The van der Waals surface area contributed by atoms with Crippen LogP contribution in [0.3, 0.4) is 0 Å². The summed E-state index contributed by atoms with van der Waals surface area (Å²) in [6, 6.07) is 0. The molecule has 0 aromatic carbocycles. The highest BCUT2D eigenvalue weighted by Gasteiger charge is 2.41. The molecule has 0 radical (unpaired) electrons. The second-order valence-corrected chi connectivity index (χ2v) is 12.5. The van der Waals surface area contributed by atoms with E-state index in [-0.39, 0.29) is 19.6 Å². The molecule has 0 aromatic heterocycles. The van der Waals surface area contributed by atoms with Gasteiger partial charge in [0.25, 0.3) is 0 Å². The van der Waals surface area contributed by atoms with Crippen LogP contribution >= 0.6 is 31.8 Å². The van der Waals surface area contributed by atoms with Crippen molar-refractivity contribution < 1.29 is 9.47 Å². The van der Waals surface area contributed by atoms with Crippen molar-refractivity contribution in [3.05, 3.63) is 0 Å². The lowest BCUT2D eigenvalue weighted by Gasteiger charge is -2.44. The van der Waals surface area contributed by atoms with Crippen LogP contribution < -0.4 is 0 Å². The fourth-order valence-corrected chi connectivity index (χ4v) is 4.14. The fourth-order valence-electron chi connectivity index (χ4n) is 2.34. The Morgan fingerprint density at radius 3 is 1.81 bits per heavy atom. The molecule has 0 rings (SSSR count). The predicted molar refractivity (Wildman–Crippen MR) is 106 cm³/mol. The Bertz CT molecular complexity index is 306. The van der Waals surface area contributed by atoms with Gasteiger partial charge in [0.1, 0.15) is 0 Å². The number of rotatable bonds is 10. The highest BCUT2D eigenvalue weighted by atomic mass is 127. The van der Waals surface area contributed by atoms with Crippen LogP contribution in [0.1, 0.15) is 67.7 Å². The number of ether oxygens (including phenoxy) is 2. The van der Waals surface area contributed by atoms with Crippen LogP contribution in [-0.4, -0.2) is 34.5 Å². The summed E-state index contributed by atoms with van der Waals surface area (Å²) in [6.07, 6.45) is 3.24. The third-order valence-electron chi connectivity index (χ3n) is 4.39. The lowest BCUT2D eigenvalue weighted by molar-refractivity contribution is -0.0564. The number of hydrogen-bond donors (Lipinski definition) is 0. The molecule has 4 heteroatoms. The maximum absolute atomic E-state index is 6.29. The van der Waals surface area contributed by atoms with E-state index in [4.69, 9.17) is 9.47 Å². The van der Waals surface area contributed by atoms with Crippen LogP contribution in [0.5, 0.6) is 0 Å². The van der Waals surface area contributed by atoms with Gasteiger partial charge in [0.15, 0.2) is 0 Å². The summed E-state index contributed by atoms with van der Waals surface area (Å²) in [7, 11) is 4.79. The van der Waals surface area contributed by atoms with E-state index in [2.05, 4.69) is 80.3 Å². The Hall–Kier alpha value is 1.08. The molecule has 2 unspecified atom stereocenters. The zero-order chi connectivity index (χ0) is 16.9. The van der Waals surface area contributed by atoms with Crippen molar-refractivity contribution in [3.8, 4) is 0 Å². The molecule has 0 amide bonds. The lowest BCUT2D eigenvalue weighted by atomic mass is 9.83. The standard InChI is InChI=1S/C17H36IO2P/c1-14(2,9-11-19-8)10-12-20-16(5,6)17(7,21)13-15(3,4)18/h9-13,21H2,1-8H3. The summed E-state index contributed by atoms with van der Waals surface area (Å²) in [5, 5.41) is 0.0639. The molecule has 0 fully saturated rings. The minimum Gasteiger partial charge on any atom is -0.385 e. The average molecular weight is 430 g/mol. The fraction of sp³-hybridized carbons (Fsp3) is 1.00.